The van der Waals surface area contributed by atoms with Crippen molar-refractivity contribution in [1.29, 1.82) is 0 Å². The van der Waals surface area contributed by atoms with Crippen LogP contribution in [0, 0.1) is 10.1 Å². The van der Waals surface area contributed by atoms with Crippen molar-refractivity contribution in [3.8, 4) is 5.75 Å². The average Bonchev–Trinajstić information content (AvgIpc) is 3.04. The van der Waals surface area contributed by atoms with E-state index in [9.17, 15) is 34.4 Å². The zero-order valence-electron chi connectivity index (χ0n) is 12.2. The molecular formula is C13H9N3O7S2. The topological polar surface area (TPSA) is 156 Å². The Kier molecular flexibility index (Phi) is 5.77. The molecule has 130 valence electrons. The molecular weight excluding hydrogens is 374 g/mol. The number of aromatic hydroxyl groups is 1. The molecule has 1 aromatic carbocycles. The van der Waals surface area contributed by atoms with E-state index in [0.717, 1.165) is 35.7 Å². The lowest BCUT2D eigenvalue weighted by molar-refractivity contribution is -0.385. The third-order valence-electron chi connectivity index (χ3n) is 2.71. The van der Waals surface area contributed by atoms with Gasteiger partial charge >= 0.3 is 5.69 Å². The van der Waals surface area contributed by atoms with E-state index in [4.69, 9.17) is 0 Å². The first-order chi connectivity index (χ1) is 11.8. The van der Waals surface area contributed by atoms with Crippen LogP contribution in [0.1, 0.15) is 5.56 Å². The molecule has 25 heavy (non-hydrogen) atoms. The molecule has 2 saturated heterocycles. The lowest BCUT2D eigenvalue weighted by Crippen LogP contribution is -2.18. The number of imide groups is 2. The highest BCUT2D eigenvalue weighted by Gasteiger charge is 2.25. The van der Waals surface area contributed by atoms with Gasteiger partial charge in [0.2, 0.25) is 5.91 Å². The van der Waals surface area contributed by atoms with E-state index >= 15 is 0 Å². The van der Waals surface area contributed by atoms with Gasteiger partial charge in [-0.15, -0.1) is 0 Å². The van der Waals surface area contributed by atoms with Gasteiger partial charge in [0.25, 0.3) is 16.4 Å². The predicted molar refractivity (Wildman–Crippen MR) is 89.9 cm³/mol. The minimum atomic E-state index is -0.715. The van der Waals surface area contributed by atoms with Crippen LogP contribution in [0.3, 0.4) is 0 Å². The van der Waals surface area contributed by atoms with Crippen molar-refractivity contribution in [2.75, 3.05) is 5.75 Å². The van der Waals surface area contributed by atoms with Crippen LogP contribution < -0.4 is 10.6 Å². The van der Waals surface area contributed by atoms with Gasteiger partial charge in [-0.1, -0.05) is 11.8 Å². The number of rotatable bonds is 2. The number of nitro benzene ring substituents is 1. The Hall–Kier alpha value is -2.86. The second kappa shape index (κ2) is 7.81. The summed E-state index contributed by atoms with van der Waals surface area (Å²) in [7, 11) is 0. The molecule has 1 aromatic rings. The maximum absolute atomic E-state index is 11.3. The quantitative estimate of drug-likeness (QED) is 0.392. The Morgan fingerprint density at radius 1 is 1.16 bits per heavy atom. The number of nitrogens with zero attached hydrogens (tertiary/aromatic N) is 1. The monoisotopic (exact) mass is 383 g/mol. The van der Waals surface area contributed by atoms with Crippen LogP contribution in [0.4, 0.5) is 15.3 Å². The SMILES string of the molecule is O=C1CSC(=O)N1.O=C1NC(=O)C(=Cc2ccc([N+](=O)[O-])c(O)c2)S1. The fraction of sp³-hybridized carbons (Fsp3) is 0.0769. The highest BCUT2D eigenvalue weighted by Crippen LogP contribution is 2.30. The average molecular weight is 383 g/mol. The van der Waals surface area contributed by atoms with Crippen molar-refractivity contribution < 1.29 is 29.2 Å². The van der Waals surface area contributed by atoms with Crippen LogP contribution in [-0.4, -0.2) is 38.1 Å². The molecule has 0 bridgehead atoms. The van der Waals surface area contributed by atoms with E-state index in [1.54, 1.807) is 0 Å². The third-order valence-corrected chi connectivity index (χ3v) is 4.29. The Morgan fingerprint density at radius 2 is 1.88 bits per heavy atom. The van der Waals surface area contributed by atoms with Crippen molar-refractivity contribution in [3.05, 3.63) is 38.8 Å². The second-order valence-electron chi connectivity index (χ2n) is 4.48. The zero-order chi connectivity index (χ0) is 18.6. The summed E-state index contributed by atoms with van der Waals surface area (Å²) in [5, 5.41) is 23.4. The molecule has 3 N–H and O–H groups in total. The molecule has 10 nitrogen and oxygen atoms in total. The van der Waals surface area contributed by atoms with E-state index in [1.165, 1.54) is 12.1 Å². The maximum atomic E-state index is 11.3. The number of carbonyl (C=O) groups is 4. The molecule has 12 heteroatoms. The number of nitro groups is 1. The van der Waals surface area contributed by atoms with E-state index in [0.29, 0.717) is 11.3 Å². The molecule has 0 spiro atoms. The number of hydrogen-bond donors (Lipinski definition) is 3. The van der Waals surface area contributed by atoms with Gasteiger partial charge < -0.3 is 5.11 Å². The van der Waals surface area contributed by atoms with Gasteiger partial charge in [0.1, 0.15) is 0 Å². The lowest BCUT2D eigenvalue weighted by Gasteiger charge is -1.98. The first-order valence-corrected chi connectivity index (χ1v) is 8.25. The summed E-state index contributed by atoms with van der Waals surface area (Å²) in [4.78, 5) is 52.3. The highest BCUT2D eigenvalue weighted by atomic mass is 32.2. The van der Waals surface area contributed by atoms with Crippen LogP contribution in [0.15, 0.2) is 23.1 Å². The van der Waals surface area contributed by atoms with Crippen molar-refractivity contribution in [2.45, 2.75) is 0 Å². The molecule has 0 unspecified atom stereocenters. The molecule has 2 aliphatic heterocycles. The summed E-state index contributed by atoms with van der Waals surface area (Å²) in [6.07, 6.45) is 1.37. The molecule has 3 rings (SSSR count). The van der Waals surface area contributed by atoms with Gasteiger partial charge in [-0.25, -0.2) is 0 Å². The number of thioether (sulfide) groups is 2. The number of phenolic OH excluding ortho intramolecular Hbond substituents is 1. The van der Waals surface area contributed by atoms with E-state index in [2.05, 4.69) is 10.6 Å². The summed E-state index contributed by atoms with van der Waals surface area (Å²) in [5.74, 6) is -0.916. The van der Waals surface area contributed by atoms with Crippen LogP contribution in [-0.2, 0) is 9.59 Å². The molecule has 2 aliphatic rings. The minimum Gasteiger partial charge on any atom is -0.502 e. The van der Waals surface area contributed by atoms with E-state index < -0.39 is 27.5 Å². The predicted octanol–water partition coefficient (Wildman–Crippen LogP) is 1.59. The largest absolute Gasteiger partial charge is 0.502 e. The smallest absolute Gasteiger partial charge is 0.310 e. The summed E-state index contributed by atoms with van der Waals surface area (Å²) in [6, 6.07) is 3.66. The number of hydrogen-bond acceptors (Lipinski definition) is 9. The summed E-state index contributed by atoms with van der Waals surface area (Å²) < 4.78 is 0. The molecule has 4 amide bonds. The molecule has 2 heterocycles. The second-order valence-corrected chi connectivity index (χ2v) is 6.44. The molecule has 2 fully saturated rings. The van der Waals surface area contributed by atoms with Gasteiger partial charge in [-0.2, -0.15) is 0 Å². The number of carbonyl (C=O) groups excluding carboxylic acids is 4. The molecule has 0 saturated carbocycles. The van der Waals surface area contributed by atoms with Crippen LogP contribution >= 0.6 is 23.5 Å². The van der Waals surface area contributed by atoms with Crippen molar-refractivity contribution in [1.82, 2.24) is 10.6 Å². The Balaban J connectivity index is 0.000000269. The summed E-state index contributed by atoms with van der Waals surface area (Å²) >= 11 is 1.74. The molecule has 0 atom stereocenters. The Bertz CT molecular complexity index is 808. The number of amides is 4. The summed E-state index contributed by atoms with van der Waals surface area (Å²) in [6.45, 7) is 0. The van der Waals surface area contributed by atoms with Gasteiger partial charge in [0.05, 0.1) is 15.6 Å². The standard InChI is InChI=1S/C10H6N2O5S.C3H3NO2S/c13-7-3-5(1-2-6(7)12(16)17)4-8-9(14)11-10(15)18-8;5-2-1-7-3(6)4-2/h1-4,13H,(H,11,14,15);1H2,(H,4,5,6). The molecule has 0 aliphatic carbocycles. The number of nitrogens with one attached hydrogen (secondary N) is 2. The fourth-order valence-electron chi connectivity index (χ4n) is 1.67. The maximum Gasteiger partial charge on any atom is 0.310 e. The van der Waals surface area contributed by atoms with Crippen LogP contribution in [0.2, 0.25) is 0 Å². The van der Waals surface area contributed by atoms with Gasteiger partial charge in [0.15, 0.2) is 5.75 Å². The van der Waals surface area contributed by atoms with Crippen molar-refractivity contribution >= 4 is 57.6 Å². The first kappa shape index (κ1) is 18.5. The van der Waals surface area contributed by atoms with Crippen LogP contribution in [0.5, 0.6) is 5.75 Å². The first-order valence-electron chi connectivity index (χ1n) is 6.45. The fourth-order valence-corrected chi connectivity index (χ4v) is 2.88. The molecule has 0 aromatic heterocycles. The Labute approximate surface area is 148 Å². The zero-order valence-corrected chi connectivity index (χ0v) is 13.8. The lowest BCUT2D eigenvalue weighted by atomic mass is 10.1. The van der Waals surface area contributed by atoms with Crippen molar-refractivity contribution in [3.63, 3.8) is 0 Å². The number of benzene rings is 1. The Morgan fingerprint density at radius 3 is 2.28 bits per heavy atom. The normalized spacial score (nSPS) is 17.8. The van der Waals surface area contributed by atoms with E-state index in [1.807, 2.05) is 0 Å². The molecule has 0 radical (unpaired) electrons. The van der Waals surface area contributed by atoms with E-state index in [-0.39, 0.29) is 16.1 Å². The van der Waals surface area contributed by atoms with Gasteiger partial charge in [-0.05, 0) is 35.5 Å². The van der Waals surface area contributed by atoms with Crippen LogP contribution in [0.25, 0.3) is 6.08 Å². The number of phenols is 1. The minimum absolute atomic E-state index is 0.174. The van der Waals surface area contributed by atoms with Gasteiger partial charge in [0, 0.05) is 6.07 Å². The van der Waals surface area contributed by atoms with Gasteiger partial charge in [-0.3, -0.25) is 39.9 Å². The third kappa shape index (κ3) is 5.06. The summed E-state index contributed by atoms with van der Waals surface area (Å²) in [5.41, 5.74) is -0.0257. The van der Waals surface area contributed by atoms with Crippen molar-refractivity contribution in [2.24, 2.45) is 0 Å². The highest BCUT2D eigenvalue weighted by molar-refractivity contribution is 8.18.